The van der Waals surface area contributed by atoms with Crippen LogP contribution in [0.3, 0.4) is 0 Å². The normalized spacial score (nSPS) is 24.6. The summed E-state index contributed by atoms with van der Waals surface area (Å²) in [4.78, 5) is 39.3. The third-order valence-corrected chi connectivity index (χ3v) is 5.12. The Balaban J connectivity index is 1.75. The van der Waals surface area contributed by atoms with Crippen LogP contribution in [0.5, 0.6) is 0 Å². The average molecular weight is 376 g/mol. The SMILES string of the molecule is CCNC(=O)N1[C@@H](CC(=O)Nc2ccc(F)cc2)C(=O)N[C@H]2CCCC[C@@H]21. The van der Waals surface area contributed by atoms with Crippen molar-refractivity contribution in [3.05, 3.63) is 30.1 Å². The van der Waals surface area contributed by atoms with Gasteiger partial charge in [0.15, 0.2) is 0 Å². The van der Waals surface area contributed by atoms with Gasteiger partial charge in [-0.15, -0.1) is 0 Å². The number of benzene rings is 1. The number of urea groups is 1. The Morgan fingerprint density at radius 3 is 2.63 bits per heavy atom. The first-order chi connectivity index (χ1) is 13.0. The van der Waals surface area contributed by atoms with Crippen molar-refractivity contribution in [2.45, 2.75) is 57.2 Å². The van der Waals surface area contributed by atoms with Crippen LogP contribution >= 0.6 is 0 Å². The van der Waals surface area contributed by atoms with Crippen LogP contribution in [0.4, 0.5) is 14.9 Å². The topological polar surface area (TPSA) is 90.5 Å². The predicted octanol–water partition coefficient (Wildman–Crippen LogP) is 2.00. The van der Waals surface area contributed by atoms with E-state index in [0.29, 0.717) is 12.2 Å². The highest BCUT2D eigenvalue weighted by Crippen LogP contribution is 2.29. The van der Waals surface area contributed by atoms with Crippen LogP contribution in [0.25, 0.3) is 0 Å². The van der Waals surface area contributed by atoms with E-state index in [2.05, 4.69) is 16.0 Å². The lowest BCUT2D eigenvalue weighted by Gasteiger charge is -2.47. The minimum Gasteiger partial charge on any atom is -0.349 e. The zero-order valence-corrected chi connectivity index (χ0v) is 15.3. The lowest BCUT2D eigenvalue weighted by atomic mass is 9.85. The summed E-state index contributed by atoms with van der Waals surface area (Å²) >= 11 is 0. The van der Waals surface area contributed by atoms with Crippen molar-refractivity contribution in [3.8, 4) is 0 Å². The molecule has 1 aliphatic heterocycles. The predicted molar refractivity (Wildman–Crippen MR) is 98.5 cm³/mol. The fourth-order valence-electron chi connectivity index (χ4n) is 3.90. The highest BCUT2D eigenvalue weighted by molar-refractivity contribution is 5.97. The van der Waals surface area contributed by atoms with Crippen LogP contribution in [0.2, 0.25) is 0 Å². The van der Waals surface area contributed by atoms with Crippen LogP contribution in [-0.4, -0.2) is 47.4 Å². The minimum absolute atomic E-state index is 0.0646. The lowest BCUT2D eigenvalue weighted by molar-refractivity contribution is -0.135. The molecule has 2 fully saturated rings. The van der Waals surface area contributed by atoms with Crippen LogP contribution in [-0.2, 0) is 9.59 Å². The first-order valence-corrected chi connectivity index (χ1v) is 9.41. The van der Waals surface area contributed by atoms with E-state index in [1.165, 1.54) is 24.3 Å². The summed E-state index contributed by atoms with van der Waals surface area (Å²) < 4.78 is 13.0. The summed E-state index contributed by atoms with van der Waals surface area (Å²) in [6.07, 6.45) is 3.49. The van der Waals surface area contributed by atoms with Gasteiger partial charge in [0.25, 0.3) is 0 Å². The molecule has 3 N–H and O–H groups in total. The Labute approximate surface area is 157 Å². The Morgan fingerprint density at radius 1 is 1.22 bits per heavy atom. The van der Waals surface area contributed by atoms with E-state index in [0.717, 1.165) is 25.7 Å². The molecule has 27 heavy (non-hydrogen) atoms. The van der Waals surface area contributed by atoms with Gasteiger partial charge in [-0.05, 0) is 44.0 Å². The summed E-state index contributed by atoms with van der Waals surface area (Å²) in [6, 6.07) is 4.05. The van der Waals surface area contributed by atoms with Crippen molar-refractivity contribution in [2.24, 2.45) is 0 Å². The number of halogens is 1. The van der Waals surface area contributed by atoms with Crippen LogP contribution in [0.1, 0.15) is 39.0 Å². The molecule has 1 saturated heterocycles. The molecule has 1 aliphatic carbocycles. The minimum atomic E-state index is -0.864. The molecule has 1 saturated carbocycles. The smallest absolute Gasteiger partial charge is 0.318 e. The molecule has 0 unspecified atom stereocenters. The molecule has 0 aromatic heterocycles. The molecule has 2 aliphatic rings. The second kappa shape index (κ2) is 8.37. The summed E-state index contributed by atoms with van der Waals surface area (Å²) in [5, 5.41) is 8.40. The van der Waals surface area contributed by atoms with E-state index in [1.807, 2.05) is 6.92 Å². The van der Waals surface area contributed by atoms with Crippen molar-refractivity contribution < 1.29 is 18.8 Å². The number of fused-ring (bicyclic) bond motifs is 1. The number of piperazine rings is 1. The second-order valence-electron chi connectivity index (χ2n) is 6.98. The highest BCUT2D eigenvalue weighted by Gasteiger charge is 2.45. The number of rotatable bonds is 4. The first kappa shape index (κ1) is 19.1. The van der Waals surface area contributed by atoms with Crippen molar-refractivity contribution in [3.63, 3.8) is 0 Å². The Kier molecular flexibility index (Phi) is 5.93. The van der Waals surface area contributed by atoms with Gasteiger partial charge in [0.05, 0.1) is 12.5 Å². The standard InChI is InChI=1S/C19H25FN4O3/c1-2-21-19(27)24-15-6-4-3-5-14(15)23-18(26)16(24)11-17(25)22-13-9-7-12(20)8-10-13/h7-10,14-16H,2-6,11H2,1H3,(H,21,27)(H,22,25)(H,23,26)/t14-,15-,16-/m0/s1. The third kappa shape index (κ3) is 4.37. The largest absolute Gasteiger partial charge is 0.349 e. The molecular weight excluding hydrogens is 351 g/mol. The summed E-state index contributed by atoms with van der Waals surface area (Å²) in [7, 11) is 0. The second-order valence-corrected chi connectivity index (χ2v) is 6.98. The highest BCUT2D eigenvalue weighted by atomic mass is 19.1. The number of nitrogens with zero attached hydrogens (tertiary/aromatic N) is 1. The van der Waals surface area contributed by atoms with E-state index in [1.54, 1.807) is 4.90 Å². The van der Waals surface area contributed by atoms with Crippen molar-refractivity contribution in [2.75, 3.05) is 11.9 Å². The van der Waals surface area contributed by atoms with Gasteiger partial charge >= 0.3 is 6.03 Å². The van der Waals surface area contributed by atoms with Gasteiger partial charge in [0, 0.05) is 18.3 Å². The van der Waals surface area contributed by atoms with E-state index in [4.69, 9.17) is 0 Å². The quantitative estimate of drug-likeness (QED) is 0.751. The maximum atomic E-state index is 13.0. The molecule has 0 bridgehead atoms. The number of anilines is 1. The number of carbonyl (C=O) groups is 3. The van der Waals surface area contributed by atoms with Crippen LogP contribution in [0, 0.1) is 5.82 Å². The van der Waals surface area contributed by atoms with Crippen molar-refractivity contribution in [1.29, 1.82) is 0 Å². The van der Waals surface area contributed by atoms with Gasteiger partial charge in [0.2, 0.25) is 11.8 Å². The zero-order chi connectivity index (χ0) is 19.4. The molecule has 1 aromatic carbocycles. The summed E-state index contributed by atoms with van der Waals surface area (Å²) in [6.45, 7) is 2.26. The van der Waals surface area contributed by atoms with Crippen LogP contribution < -0.4 is 16.0 Å². The molecule has 0 radical (unpaired) electrons. The Hall–Kier alpha value is -2.64. The molecule has 0 spiro atoms. The maximum absolute atomic E-state index is 13.0. The fraction of sp³-hybridized carbons (Fsp3) is 0.526. The molecule has 3 rings (SSSR count). The van der Waals surface area contributed by atoms with Gasteiger partial charge in [-0.2, -0.15) is 0 Å². The van der Waals surface area contributed by atoms with Crippen molar-refractivity contribution >= 4 is 23.5 Å². The fourth-order valence-corrected chi connectivity index (χ4v) is 3.90. The maximum Gasteiger partial charge on any atom is 0.318 e. The number of carbonyl (C=O) groups excluding carboxylic acids is 3. The molecule has 4 amide bonds. The third-order valence-electron chi connectivity index (χ3n) is 5.12. The van der Waals surface area contributed by atoms with Gasteiger partial charge in [-0.25, -0.2) is 9.18 Å². The number of hydrogen-bond donors (Lipinski definition) is 3. The Bertz CT molecular complexity index is 709. The van der Waals surface area contributed by atoms with Gasteiger partial charge < -0.3 is 20.9 Å². The van der Waals surface area contributed by atoms with E-state index in [-0.39, 0.29) is 30.4 Å². The molecule has 3 atom stereocenters. The Morgan fingerprint density at radius 2 is 1.93 bits per heavy atom. The van der Waals surface area contributed by atoms with E-state index < -0.39 is 17.8 Å². The van der Waals surface area contributed by atoms with Crippen molar-refractivity contribution in [1.82, 2.24) is 15.5 Å². The number of nitrogens with one attached hydrogen (secondary N) is 3. The summed E-state index contributed by atoms with van der Waals surface area (Å²) in [5.41, 5.74) is 0.442. The first-order valence-electron chi connectivity index (χ1n) is 9.41. The zero-order valence-electron chi connectivity index (χ0n) is 15.3. The van der Waals surface area contributed by atoms with E-state index >= 15 is 0 Å². The summed E-state index contributed by atoms with van der Waals surface area (Å²) in [5.74, 6) is -1.10. The van der Waals surface area contributed by atoms with E-state index in [9.17, 15) is 18.8 Å². The van der Waals surface area contributed by atoms with Gasteiger partial charge in [-0.1, -0.05) is 12.8 Å². The average Bonchev–Trinajstić information content (AvgIpc) is 2.64. The van der Waals surface area contributed by atoms with Gasteiger partial charge in [-0.3, -0.25) is 9.59 Å². The molecule has 1 heterocycles. The molecule has 1 aromatic rings. The number of amides is 4. The molecular formula is C19H25FN4O3. The molecule has 7 nitrogen and oxygen atoms in total. The number of hydrogen-bond acceptors (Lipinski definition) is 3. The molecule has 146 valence electrons. The van der Waals surface area contributed by atoms with Gasteiger partial charge in [0.1, 0.15) is 11.9 Å². The molecule has 8 heteroatoms. The monoisotopic (exact) mass is 376 g/mol. The van der Waals surface area contributed by atoms with Crippen LogP contribution in [0.15, 0.2) is 24.3 Å². The lowest BCUT2D eigenvalue weighted by Crippen LogP contribution is -2.69.